The first-order chi connectivity index (χ1) is 14.7. The van der Waals surface area contributed by atoms with Crippen molar-refractivity contribution in [1.29, 1.82) is 0 Å². The van der Waals surface area contributed by atoms with Crippen LogP contribution in [-0.2, 0) is 10.9 Å². The molecule has 31 heavy (non-hydrogen) atoms. The van der Waals surface area contributed by atoms with Crippen LogP contribution in [0.2, 0.25) is 0 Å². The Morgan fingerprint density at radius 2 is 1.94 bits per heavy atom. The molecule has 2 aromatic heterocycles. The van der Waals surface area contributed by atoms with Crippen molar-refractivity contribution < 1.29 is 27.8 Å². The van der Waals surface area contributed by atoms with Gasteiger partial charge in [0.25, 0.3) is 0 Å². The molecule has 1 aliphatic heterocycles. The highest BCUT2D eigenvalue weighted by molar-refractivity contribution is 5.90. The average molecular weight is 433 g/mol. The molecule has 0 saturated carbocycles. The molecule has 0 aliphatic carbocycles. The van der Waals surface area contributed by atoms with Crippen molar-refractivity contribution in [2.75, 3.05) is 13.2 Å². The highest BCUT2D eigenvalue weighted by atomic mass is 19.4. The van der Waals surface area contributed by atoms with E-state index in [-0.39, 0.29) is 23.4 Å². The number of aromatic nitrogens is 3. The molecular weight excluding hydrogens is 411 g/mol. The van der Waals surface area contributed by atoms with Crippen LogP contribution in [0, 0.1) is 12.8 Å². The number of aromatic hydroxyl groups is 1. The molecule has 1 N–H and O–H groups in total. The molecule has 1 saturated heterocycles. The van der Waals surface area contributed by atoms with Crippen molar-refractivity contribution in [2.24, 2.45) is 5.92 Å². The molecule has 1 aromatic carbocycles. The number of hydrogen-bond acceptors (Lipinski definition) is 6. The third kappa shape index (κ3) is 4.41. The number of nitrogens with zero attached hydrogens (tertiary/aromatic N) is 3. The third-order valence-corrected chi connectivity index (χ3v) is 5.56. The van der Waals surface area contributed by atoms with Crippen LogP contribution in [0.25, 0.3) is 22.4 Å². The van der Waals surface area contributed by atoms with E-state index in [1.165, 1.54) is 6.20 Å². The Hall–Kier alpha value is -2.94. The summed E-state index contributed by atoms with van der Waals surface area (Å²) < 4.78 is 50.5. The van der Waals surface area contributed by atoms with Gasteiger partial charge in [0.15, 0.2) is 17.3 Å². The molecule has 6 nitrogen and oxygen atoms in total. The monoisotopic (exact) mass is 433 g/mol. The van der Waals surface area contributed by atoms with Crippen molar-refractivity contribution in [2.45, 2.75) is 39.0 Å². The number of alkyl halides is 3. The highest BCUT2D eigenvalue weighted by Crippen LogP contribution is 2.38. The SMILES string of the molecule is Cc1cc(OC(C)C2CCOCC2)c(O)c2cnc(-c3cc(C(F)(F)F)ccn3)nc12. The fourth-order valence-electron chi connectivity index (χ4n) is 3.75. The Morgan fingerprint density at radius 1 is 1.19 bits per heavy atom. The topological polar surface area (TPSA) is 77.4 Å². The lowest BCUT2D eigenvalue weighted by molar-refractivity contribution is -0.137. The van der Waals surface area contributed by atoms with Crippen molar-refractivity contribution in [1.82, 2.24) is 15.0 Å². The largest absolute Gasteiger partial charge is 0.504 e. The lowest BCUT2D eigenvalue weighted by Crippen LogP contribution is -2.29. The fourth-order valence-corrected chi connectivity index (χ4v) is 3.75. The minimum absolute atomic E-state index is 0.00378. The number of aryl methyl sites for hydroxylation is 1. The van der Waals surface area contributed by atoms with Crippen molar-refractivity contribution >= 4 is 10.9 Å². The molecule has 0 bridgehead atoms. The number of hydrogen-bond donors (Lipinski definition) is 1. The second kappa shape index (κ2) is 8.30. The van der Waals surface area contributed by atoms with E-state index in [0.717, 1.165) is 31.2 Å². The summed E-state index contributed by atoms with van der Waals surface area (Å²) in [6.07, 6.45) is -0.355. The summed E-state index contributed by atoms with van der Waals surface area (Å²) in [5, 5.41) is 11.1. The Morgan fingerprint density at radius 3 is 2.65 bits per heavy atom. The Labute approximate surface area is 177 Å². The van der Waals surface area contributed by atoms with E-state index >= 15 is 0 Å². The average Bonchev–Trinajstić information content (AvgIpc) is 2.77. The fraction of sp³-hybridized carbons (Fsp3) is 0.409. The van der Waals surface area contributed by atoms with Gasteiger partial charge in [0, 0.05) is 25.6 Å². The molecule has 0 amide bonds. The first kappa shape index (κ1) is 21.3. The third-order valence-electron chi connectivity index (χ3n) is 5.56. The van der Waals surface area contributed by atoms with Gasteiger partial charge in [-0.05, 0) is 56.4 Å². The molecule has 1 fully saturated rings. The number of rotatable bonds is 4. The minimum atomic E-state index is -4.49. The summed E-state index contributed by atoms with van der Waals surface area (Å²) >= 11 is 0. The van der Waals surface area contributed by atoms with E-state index in [9.17, 15) is 18.3 Å². The van der Waals surface area contributed by atoms with Gasteiger partial charge in [-0.1, -0.05) is 0 Å². The first-order valence-electron chi connectivity index (χ1n) is 10.0. The maximum Gasteiger partial charge on any atom is 0.416 e. The zero-order valence-corrected chi connectivity index (χ0v) is 17.1. The lowest BCUT2D eigenvalue weighted by atomic mass is 9.95. The molecule has 3 aromatic rings. The lowest BCUT2D eigenvalue weighted by Gasteiger charge is -2.28. The van der Waals surface area contributed by atoms with E-state index in [2.05, 4.69) is 15.0 Å². The molecule has 4 rings (SSSR count). The van der Waals surface area contributed by atoms with Crippen molar-refractivity contribution in [3.05, 3.63) is 41.7 Å². The van der Waals surface area contributed by atoms with Crippen LogP contribution in [0.4, 0.5) is 13.2 Å². The number of halogens is 3. The zero-order chi connectivity index (χ0) is 22.2. The second-order valence-electron chi connectivity index (χ2n) is 7.70. The summed E-state index contributed by atoms with van der Waals surface area (Å²) in [5.74, 6) is 0.612. The van der Waals surface area contributed by atoms with Crippen LogP contribution in [0.5, 0.6) is 11.5 Å². The Bertz CT molecular complexity index is 1100. The number of fused-ring (bicyclic) bond motifs is 1. The molecule has 164 valence electrons. The normalized spacial score (nSPS) is 16.4. The predicted molar refractivity (Wildman–Crippen MR) is 108 cm³/mol. The van der Waals surface area contributed by atoms with Crippen LogP contribution >= 0.6 is 0 Å². The molecule has 1 aliphatic rings. The standard InChI is InChI=1S/C22H22F3N3O3/c1-12-9-18(31-13(2)14-4-7-30-8-5-14)20(29)16-11-27-21(28-19(12)16)17-10-15(3-6-26-17)22(23,24)25/h3,6,9-11,13-14,29H,4-5,7-8H2,1-2H3. The Kier molecular flexibility index (Phi) is 5.70. The van der Waals surface area contributed by atoms with E-state index in [1.807, 2.05) is 6.92 Å². The minimum Gasteiger partial charge on any atom is -0.504 e. The first-order valence-corrected chi connectivity index (χ1v) is 10.0. The number of pyridine rings is 1. The predicted octanol–water partition coefficient (Wildman–Crippen LogP) is 4.92. The van der Waals surface area contributed by atoms with Gasteiger partial charge in [0.05, 0.1) is 22.6 Å². The van der Waals surface area contributed by atoms with Crippen LogP contribution in [0.3, 0.4) is 0 Å². The van der Waals surface area contributed by atoms with E-state index < -0.39 is 11.7 Å². The molecule has 1 unspecified atom stereocenters. The van der Waals surface area contributed by atoms with Crippen molar-refractivity contribution in [3.63, 3.8) is 0 Å². The Balaban J connectivity index is 1.67. The maximum absolute atomic E-state index is 13.0. The summed E-state index contributed by atoms with van der Waals surface area (Å²) in [5.41, 5.74) is 0.307. The maximum atomic E-state index is 13.0. The quantitative estimate of drug-likeness (QED) is 0.630. The molecular formula is C22H22F3N3O3. The molecule has 1 atom stereocenters. The van der Waals surface area contributed by atoms with Crippen molar-refractivity contribution in [3.8, 4) is 23.0 Å². The highest BCUT2D eigenvalue weighted by Gasteiger charge is 2.31. The van der Waals surface area contributed by atoms with Gasteiger partial charge in [-0.25, -0.2) is 9.97 Å². The molecule has 3 heterocycles. The van der Waals surface area contributed by atoms with Crippen LogP contribution in [-0.4, -0.2) is 39.4 Å². The van der Waals surface area contributed by atoms with Gasteiger partial charge in [-0.3, -0.25) is 4.98 Å². The van der Waals surface area contributed by atoms with E-state index in [4.69, 9.17) is 9.47 Å². The summed E-state index contributed by atoms with van der Waals surface area (Å²) in [4.78, 5) is 12.5. The molecule has 9 heteroatoms. The van der Waals surface area contributed by atoms with Gasteiger partial charge in [0.2, 0.25) is 0 Å². The summed E-state index contributed by atoms with van der Waals surface area (Å²) in [6.45, 7) is 5.15. The summed E-state index contributed by atoms with van der Waals surface area (Å²) in [6, 6.07) is 3.48. The number of ether oxygens (including phenoxy) is 2. The smallest absolute Gasteiger partial charge is 0.416 e. The second-order valence-corrected chi connectivity index (χ2v) is 7.70. The van der Waals surface area contributed by atoms with Gasteiger partial charge >= 0.3 is 6.18 Å². The van der Waals surface area contributed by atoms with E-state index in [1.54, 1.807) is 13.0 Å². The zero-order valence-electron chi connectivity index (χ0n) is 17.1. The van der Waals surface area contributed by atoms with Gasteiger partial charge in [-0.15, -0.1) is 0 Å². The van der Waals surface area contributed by atoms with Crippen LogP contribution < -0.4 is 4.74 Å². The number of benzene rings is 1. The van der Waals surface area contributed by atoms with Gasteiger partial charge in [-0.2, -0.15) is 13.2 Å². The van der Waals surface area contributed by atoms with Crippen LogP contribution in [0.1, 0.15) is 30.9 Å². The molecule has 0 spiro atoms. The van der Waals surface area contributed by atoms with E-state index in [0.29, 0.717) is 41.3 Å². The van der Waals surface area contributed by atoms with Crippen LogP contribution in [0.15, 0.2) is 30.6 Å². The summed E-state index contributed by atoms with van der Waals surface area (Å²) in [7, 11) is 0. The van der Waals surface area contributed by atoms with Gasteiger partial charge in [0.1, 0.15) is 5.69 Å². The number of phenols is 1. The molecule has 0 radical (unpaired) electrons. The number of phenolic OH excluding ortho intramolecular Hbond substituents is 1. The van der Waals surface area contributed by atoms with Gasteiger partial charge < -0.3 is 14.6 Å².